The summed E-state index contributed by atoms with van der Waals surface area (Å²) >= 11 is 0. The maximum atomic E-state index is 12.6. The summed E-state index contributed by atoms with van der Waals surface area (Å²) in [7, 11) is 0. The molecule has 3 rings (SSSR count). The second-order valence-electron chi connectivity index (χ2n) is 6.19. The minimum absolute atomic E-state index is 0.0476. The number of amides is 2. The number of hydrogen-bond donors (Lipinski definition) is 3. The van der Waals surface area contributed by atoms with Crippen molar-refractivity contribution in [3.63, 3.8) is 0 Å². The average Bonchev–Trinajstić information content (AvgIpc) is 3.17. The van der Waals surface area contributed by atoms with Crippen molar-refractivity contribution in [2.24, 2.45) is 0 Å². The fourth-order valence-electron chi connectivity index (χ4n) is 2.60. The van der Waals surface area contributed by atoms with Crippen molar-refractivity contribution in [1.29, 1.82) is 0 Å². The molecular weight excluding hydrogens is 393 g/mol. The summed E-state index contributed by atoms with van der Waals surface area (Å²) in [4.78, 5) is 24.5. The van der Waals surface area contributed by atoms with E-state index in [1.807, 2.05) is 0 Å². The number of rotatable bonds is 6. The van der Waals surface area contributed by atoms with E-state index >= 15 is 0 Å². The molecule has 2 aromatic rings. The van der Waals surface area contributed by atoms with Crippen LogP contribution in [0, 0.1) is 0 Å². The van der Waals surface area contributed by atoms with E-state index in [0.717, 1.165) is 12.1 Å². The van der Waals surface area contributed by atoms with E-state index in [1.165, 1.54) is 24.3 Å². The molecule has 1 heterocycles. The highest BCUT2D eigenvalue weighted by atomic mass is 19.4. The lowest BCUT2D eigenvalue weighted by Gasteiger charge is -2.16. The van der Waals surface area contributed by atoms with Crippen LogP contribution in [0.15, 0.2) is 42.5 Å². The summed E-state index contributed by atoms with van der Waals surface area (Å²) in [5.41, 5.74) is -0.148. The summed E-state index contributed by atoms with van der Waals surface area (Å²) in [6, 6.07) is 7.55. The van der Waals surface area contributed by atoms with Gasteiger partial charge in [-0.1, -0.05) is 12.1 Å². The summed E-state index contributed by atoms with van der Waals surface area (Å²) in [6.45, 7) is -0.672. The van der Waals surface area contributed by atoms with Crippen LogP contribution in [0.3, 0.4) is 0 Å². The van der Waals surface area contributed by atoms with Crippen LogP contribution in [-0.4, -0.2) is 36.4 Å². The van der Waals surface area contributed by atoms with E-state index in [2.05, 4.69) is 10.6 Å². The zero-order chi connectivity index (χ0) is 21.0. The Kier molecular flexibility index (Phi) is 5.92. The van der Waals surface area contributed by atoms with Gasteiger partial charge in [-0.3, -0.25) is 9.59 Å². The minimum Gasteiger partial charge on any atom is -0.454 e. The number of halogens is 3. The number of benzene rings is 2. The maximum absolute atomic E-state index is 12.6. The lowest BCUT2D eigenvalue weighted by Crippen LogP contribution is -2.48. The molecule has 7 nitrogen and oxygen atoms in total. The normalized spacial score (nSPS) is 13.7. The third kappa shape index (κ3) is 4.96. The number of fused-ring (bicyclic) bond motifs is 1. The van der Waals surface area contributed by atoms with Crippen LogP contribution in [-0.2, 0) is 17.5 Å². The van der Waals surface area contributed by atoms with Gasteiger partial charge in [-0.05, 0) is 35.9 Å². The van der Waals surface area contributed by atoms with Gasteiger partial charge in [0.2, 0.25) is 12.7 Å². The summed E-state index contributed by atoms with van der Waals surface area (Å²) in [5.74, 6) is -0.395. The van der Waals surface area contributed by atoms with Crippen LogP contribution in [0.5, 0.6) is 11.5 Å². The molecule has 0 unspecified atom stereocenters. The van der Waals surface area contributed by atoms with Gasteiger partial charge in [0.05, 0.1) is 12.2 Å². The zero-order valence-electron chi connectivity index (χ0n) is 15.0. The van der Waals surface area contributed by atoms with Gasteiger partial charge in [0.15, 0.2) is 11.5 Å². The van der Waals surface area contributed by atoms with Crippen LogP contribution >= 0.6 is 0 Å². The Bertz CT molecular complexity index is 900. The van der Waals surface area contributed by atoms with Crippen molar-refractivity contribution in [2.45, 2.75) is 18.8 Å². The number of nitrogens with one attached hydrogen (secondary N) is 2. The van der Waals surface area contributed by atoms with Crippen molar-refractivity contribution in [3.05, 3.63) is 59.2 Å². The van der Waals surface area contributed by atoms with Gasteiger partial charge in [0.25, 0.3) is 5.91 Å². The van der Waals surface area contributed by atoms with Crippen LogP contribution in [0.25, 0.3) is 0 Å². The topological polar surface area (TPSA) is 96.9 Å². The third-order valence-corrected chi connectivity index (χ3v) is 4.19. The number of ether oxygens (including phenoxy) is 2. The average molecular weight is 410 g/mol. The number of aliphatic hydroxyl groups excluding tert-OH is 1. The first-order chi connectivity index (χ1) is 13.8. The van der Waals surface area contributed by atoms with Crippen LogP contribution in [0.1, 0.15) is 21.5 Å². The number of alkyl halides is 3. The molecule has 1 aliphatic rings. The predicted molar refractivity (Wildman–Crippen MR) is 94.2 cm³/mol. The Labute approximate surface area is 163 Å². The molecule has 29 heavy (non-hydrogen) atoms. The van der Waals surface area contributed by atoms with Crippen molar-refractivity contribution in [2.75, 3.05) is 13.4 Å². The Balaban J connectivity index is 1.56. The standard InChI is InChI=1S/C19H17F3N2O5/c20-19(21,22)13-4-1-11(2-5-13)8-23-18(27)14(9-25)24-17(26)12-3-6-15-16(7-12)29-10-28-15/h1-7,14,25H,8-10H2,(H,23,27)(H,24,26)/t14-/m0/s1. The second-order valence-corrected chi connectivity index (χ2v) is 6.19. The van der Waals surface area contributed by atoms with E-state index in [9.17, 15) is 27.9 Å². The van der Waals surface area contributed by atoms with Gasteiger partial charge in [0.1, 0.15) is 6.04 Å². The molecule has 2 amide bonds. The molecule has 0 spiro atoms. The van der Waals surface area contributed by atoms with Gasteiger partial charge in [-0.15, -0.1) is 0 Å². The molecular formula is C19H17F3N2O5. The SMILES string of the molecule is O=C(N[C@@H](CO)C(=O)NCc1ccc(C(F)(F)F)cc1)c1ccc2c(c1)OCO2. The van der Waals surface area contributed by atoms with E-state index in [4.69, 9.17) is 9.47 Å². The fourth-order valence-corrected chi connectivity index (χ4v) is 2.60. The van der Waals surface area contributed by atoms with Gasteiger partial charge in [-0.2, -0.15) is 13.2 Å². The molecule has 154 valence electrons. The van der Waals surface area contributed by atoms with Gasteiger partial charge in [-0.25, -0.2) is 0 Å². The summed E-state index contributed by atoms with van der Waals surface area (Å²) in [5, 5.41) is 14.3. The first-order valence-corrected chi connectivity index (χ1v) is 8.53. The number of carbonyl (C=O) groups is 2. The molecule has 2 aromatic carbocycles. The molecule has 0 bridgehead atoms. The van der Waals surface area contributed by atoms with Crippen LogP contribution < -0.4 is 20.1 Å². The summed E-state index contributed by atoms with van der Waals surface area (Å²) < 4.78 is 48.0. The zero-order valence-corrected chi connectivity index (χ0v) is 15.0. The highest BCUT2D eigenvalue weighted by Crippen LogP contribution is 2.32. The van der Waals surface area contributed by atoms with Crippen molar-refractivity contribution in [1.82, 2.24) is 10.6 Å². The largest absolute Gasteiger partial charge is 0.454 e. The molecule has 10 heteroatoms. The first kappa shape index (κ1) is 20.5. The van der Waals surface area contributed by atoms with Gasteiger partial charge >= 0.3 is 6.18 Å². The molecule has 0 aromatic heterocycles. The Hall–Kier alpha value is -3.27. The lowest BCUT2D eigenvalue weighted by molar-refractivity contribution is -0.137. The highest BCUT2D eigenvalue weighted by Gasteiger charge is 2.30. The maximum Gasteiger partial charge on any atom is 0.416 e. The van der Waals surface area contributed by atoms with Crippen molar-refractivity contribution >= 4 is 11.8 Å². The minimum atomic E-state index is -4.44. The first-order valence-electron chi connectivity index (χ1n) is 8.53. The highest BCUT2D eigenvalue weighted by molar-refractivity contribution is 5.98. The summed E-state index contributed by atoms with van der Waals surface area (Å²) in [6.07, 6.45) is -4.44. The molecule has 0 radical (unpaired) electrons. The number of carbonyl (C=O) groups excluding carboxylic acids is 2. The van der Waals surface area contributed by atoms with E-state index in [1.54, 1.807) is 6.07 Å². The molecule has 3 N–H and O–H groups in total. The molecule has 0 saturated carbocycles. The molecule has 0 fully saturated rings. The van der Waals surface area contributed by atoms with Gasteiger partial charge < -0.3 is 25.2 Å². The van der Waals surface area contributed by atoms with E-state index < -0.39 is 36.2 Å². The Morgan fingerprint density at radius 2 is 1.76 bits per heavy atom. The van der Waals surface area contributed by atoms with Crippen molar-refractivity contribution in [3.8, 4) is 11.5 Å². The quantitative estimate of drug-likeness (QED) is 0.675. The third-order valence-electron chi connectivity index (χ3n) is 4.19. The van der Waals surface area contributed by atoms with Gasteiger partial charge in [0, 0.05) is 12.1 Å². The smallest absolute Gasteiger partial charge is 0.416 e. The lowest BCUT2D eigenvalue weighted by atomic mass is 10.1. The fraction of sp³-hybridized carbons (Fsp3) is 0.263. The van der Waals surface area contributed by atoms with Crippen molar-refractivity contribution < 1.29 is 37.3 Å². The predicted octanol–water partition coefficient (Wildman–Crippen LogP) is 1.84. The Morgan fingerprint density at radius 1 is 1.07 bits per heavy atom. The number of hydrogen-bond acceptors (Lipinski definition) is 5. The molecule has 0 saturated heterocycles. The van der Waals surface area contributed by atoms with E-state index in [-0.39, 0.29) is 18.9 Å². The monoisotopic (exact) mass is 410 g/mol. The van der Waals surface area contributed by atoms with Crippen LogP contribution in [0.4, 0.5) is 13.2 Å². The molecule has 1 aliphatic heterocycles. The molecule has 1 atom stereocenters. The van der Waals surface area contributed by atoms with E-state index in [0.29, 0.717) is 17.1 Å². The number of aliphatic hydroxyl groups is 1. The van der Waals surface area contributed by atoms with Crippen LogP contribution in [0.2, 0.25) is 0 Å². The molecule has 0 aliphatic carbocycles. The second kappa shape index (κ2) is 8.39. The Morgan fingerprint density at radius 3 is 2.41 bits per heavy atom.